The third-order valence-electron chi connectivity index (χ3n) is 8.40. The highest BCUT2D eigenvalue weighted by Crippen LogP contribution is 2.60. The lowest BCUT2D eigenvalue weighted by Gasteiger charge is -2.56. The standard InChI is InChI=1S/C28H45NO/c1-22-11-14-29(15-12-22)13-6-16-30-25-9-7-24(8-10-25)28(5)19-23-17-26(2,3)20-27(4,18-23)21-28/h7-10,22-23H,6,11-21H2,1-5H3. The Labute approximate surface area is 185 Å². The maximum absolute atomic E-state index is 6.09. The van der Waals surface area contributed by atoms with Crippen LogP contribution in [0.4, 0.5) is 0 Å². The minimum atomic E-state index is 0.318. The van der Waals surface area contributed by atoms with Crippen LogP contribution >= 0.6 is 0 Å². The van der Waals surface area contributed by atoms with E-state index >= 15 is 0 Å². The van der Waals surface area contributed by atoms with Crippen LogP contribution in [-0.4, -0.2) is 31.1 Å². The SMILES string of the molecule is CC1CCN(CCCOc2ccc(C3(C)CC4CC(C)(C)CC(C)(C4)C3)cc2)CC1. The molecule has 0 radical (unpaired) electrons. The maximum atomic E-state index is 6.09. The van der Waals surface area contributed by atoms with E-state index in [4.69, 9.17) is 4.74 Å². The van der Waals surface area contributed by atoms with Crippen LogP contribution < -0.4 is 4.74 Å². The van der Waals surface area contributed by atoms with Crippen LogP contribution in [0.1, 0.15) is 91.5 Å². The van der Waals surface area contributed by atoms with Gasteiger partial charge in [-0.1, -0.05) is 46.8 Å². The average Bonchev–Trinajstić information content (AvgIpc) is 2.64. The number of hydrogen-bond acceptors (Lipinski definition) is 2. The summed E-state index contributed by atoms with van der Waals surface area (Å²) >= 11 is 0. The van der Waals surface area contributed by atoms with E-state index in [9.17, 15) is 0 Å². The van der Waals surface area contributed by atoms with Gasteiger partial charge >= 0.3 is 0 Å². The number of piperidine rings is 1. The van der Waals surface area contributed by atoms with Gasteiger partial charge in [-0.15, -0.1) is 0 Å². The first kappa shape index (κ1) is 22.2. The summed E-state index contributed by atoms with van der Waals surface area (Å²) < 4.78 is 6.09. The molecule has 1 aromatic carbocycles. The lowest BCUT2D eigenvalue weighted by molar-refractivity contribution is -0.0208. The molecule has 1 aliphatic heterocycles. The second-order valence-corrected chi connectivity index (χ2v) is 12.6. The first-order valence-electron chi connectivity index (χ1n) is 12.6. The maximum Gasteiger partial charge on any atom is 0.119 e. The van der Waals surface area contributed by atoms with E-state index in [1.54, 1.807) is 0 Å². The lowest BCUT2D eigenvalue weighted by atomic mass is 9.49. The molecule has 1 heterocycles. The largest absolute Gasteiger partial charge is 0.494 e. The highest BCUT2D eigenvalue weighted by molar-refractivity contribution is 5.33. The molecule has 2 nitrogen and oxygen atoms in total. The number of benzene rings is 1. The van der Waals surface area contributed by atoms with Gasteiger partial charge in [-0.05, 0) is 110 Å². The van der Waals surface area contributed by atoms with Gasteiger partial charge in [-0.25, -0.2) is 0 Å². The van der Waals surface area contributed by atoms with Crippen LogP contribution in [0.25, 0.3) is 0 Å². The Bertz CT molecular complexity index is 700. The van der Waals surface area contributed by atoms with Gasteiger partial charge in [0, 0.05) is 6.54 Å². The molecule has 0 amide bonds. The molecule has 1 aromatic rings. The summed E-state index contributed by atoms with van der Waals surface area (Å²) in [7, 11) is 0. The summed E-state index contributed by atoms with van der Waals surface area (Å²) in [5, 5.41) is 0. The lowest BCUT2D eigenvalue weighted by Crippen LogP contribution is -2.46. The third kappa shape index (κ3) is 5.23. The van der Waals surface area contributed by atoms with E-state index in [-0.39, 0.29) is 0 Å². The molecule has 0 N–H and O–H groups in total. The van der Waals surface area contributed by atoms with Crippen molar-refractivity contribution >= 4 is 0 Å². The molecular formula is C28H45NO. The molecule has 0 aromatic heterocycles. The van der Waals surface area contributed by atoms with Crippen molar-refractivity contribution in [2.75, 3.05) is 26.2 Å². The first-order valence-corrected chi connectivity index (χ1v) is 12.6. The van der Waals surface area contributed by atoms with Crippen molar-refractivity contribution in [1.82, 2.24) is 4.90 Å². The fraction of sp³-hybridized carbons (Fsp3) is 0.786. The molecular weight excluding hydrogens is 366 g/mol. The quantitative estimate of drug-likeness (QED) is 0.464. The van der Waals surface area contributed by atoms with Gasteiger partial charge < -0.3 is 9.64 Å². The molecule has 2 aliphatic carbocycles. The van der Waals surface area contributed by atoms with E-state index in [1.807, 2.05) is 0 Å². The molecule has 4 rings (SSSR count). The molecule has 168 valence electrons. The van der Waals surface area contributed by atoms with Crippen molar-refractivity contribution in [1.29, 1.82) is 0 Å². The summed E-state index contributed by atoms with van der Waals surface area (Å²) in [6, 6.07) is 9.16. The number of ether oxygens (including phenoxy) is 1. The van der Waals surface area contributed by atoms with Crippen LogP contribution in [0.5, 0.6) is 5.75 Å². The van der Waals surface area contributed by atoms with E-state index in [0.717, 1.165) is 30.6 Å². The molecule has 30 heavy (non-hydrogen) atoms. The van der Waals surface area contributed by atoms with E-state index in [0.29, 0.717) is 16.2 Å². The highest BCUT2D eigenvalue weighted by Gasteiger charge is 2.50. The Balaban J connectivity index is 1.29. The molecule has 2 bridgehead atoms. The molecule has 1 saturated heterocycles. The van der Waals surface area contributed by atoms with Crippen molar-refractivity contribution in [3.8, 4) is 5.75 Å². The van der Waals surface area contributed by atoms with E-state index < -0.39 is 0 Å². The molecule has 0 spiro atoms. The van der Waals surface area contributed by atoms with E-state index in [1.165, 1.54) is 70.1 Å². The van der Waals surface area contributed by atoms with Gasteiger partial charge in [0.2, 0.25) is 0 Å². The summed E-state index contributed by atoms with van der Waals surface area (Å²) in [6.07, 6.45) is 10.7. The molecule has 3 fully saturated rings. The molecule has 2 heteroatoms. The molecule has 3 aliphatic rings. The molecule has 3 atom stereocenters. The normalized spacial score (nSPS) is 34.6. The van der Waals surface area contributed by atoms with Crippen LogP contribution in [0.15, 0.2) is 24.3 Å². The number of hydrogen-bond donors (Lipinski definition) is 0. The van der Waals surface area contributed by atoms with Crippen LogP contribution in [0, 0.1) is 22.7 Å². The summed E-state index contributed by atoms with van der Waals surface area (Å²) in [4.78, 5) is 2.61. The van der Waals surface area contributed by atoms with Crippen molar-refractivity contribution in [3.05, 3.63) is 29.8 Å². The predicted molar refractivity (Wildman–Crippen MR) is 127 cm³/mol. The number of likely N-dealkylation sites (tertiary alicyclic amines) is 1. The van der Waals surface area contributed by atoms with Gasteiger partial charge in [0.1, 0.15) is 5.75 Å². The Morgan fingerprint density at radius 3 is 2.30 bits per heavy atom. The van der Waals surface area contributed by atoms with Crippen molar-refractivity contribution in [2.45, 2.75) is 91.4 Å². The van der Waals surface area contributed by atoms with Crippen LogP contribution in [0.2, 0.25) is 0 Å². The van der Waals surface area contributed by atoms with Gasteiger partial charge in [0.25, 0.3) is 0 Å². The van der Waals surface area contributed by atoms with Crippen molar-refractivity contribution < 1.29 is 4.74 Å². The van der Waals surface area contributed by atoms with Gasteiger partial charge in [0.15, 0.2) is 0 Å². The Morgan fingerprint density at radius 1 is 0.933 bits per heavy atom. The zero-order valence-electron chi connectivity index (χ0n) is 20.3. The van der Waals surface area contributed by atoms with Gasteiger partial charge in [-0.3, -0.25) is 0 Å². The monoisotopic (exact) mass is 411 g/mol. The minimum Gasteiger partial charge on any atom is -0.494 e. The van der Waals surface area contributed by atoms with E-state index in [2.05, 4.69) is 63.8 Å². The van der Waals surface area contributed by atoms with Crippen LogP contribution in [-0.2, 0) is 5.41 Å². The summed E-state index contributed by atoms with van der Waals surface area (Å²) in [5.41, 5.74) is 2.86. The molecule has 2 saturated carbocycles. The Morgan fingerprint density at radius 2 is 1.63 bits per heavy atom. The zero-order chi connectivity index (χ0) is 21.4. The average molecular weight is 412 g/mol. The number of rotatable bonds is 6. The highest BCUT2D eigenvalue weighted by atomic mass is 16.5. The fourth-order valence-corrected chi connectivity index (χ4v) is 7.72. The minimum absolute atomic E-state index is 0.318. The third-order valence-corrected chi connectivity index (χ3v) is 8.40. The number of nitrogens with zero attached hydrogens (tertiary/aromatic N) is 1. The molecule has 3 unspecified atom stereocenters. The fourth-order valence-electron chi connectivity index (χ4n) is 7.72. The first-order chi connectivity index (χ1) is 14.1. The smallest absolute Gasteiger partial charge is 0.119 e. The predicted octanol–water partition coefficient (Wildman–Crippen LogP) is 7.07. The van der Waals surface area contributed by atoms with Crippen LogP contribution in [0.3, 0.4) is 0 Å². The zero-order valence-corrected chi connectivity index (χ0v) is 20.3. The Kier molecular flexibility index (Phi) is 6.28. The Hall–Kier alpha value is -1.02. The number of fused-ring (bicyclic) bond motifs is 2. The van der Waals surface area contributed by atoms with Crippen molar-refractivity contribution in [3.63, 3.8) is 0 Å². The van der Waals surface area contributed by atoms with Gasteiger partial charge in [-0.2, -0.15) is 0 Å². The second kappa shape index (κ2) is 8.49. The topological polar surface area (TPSA) is 12.5 Å². The van der Waals surface area contributed by atoms with Gasteiger partial charge in [0.05, 0.1) is 6.61 Å². The summed E-state index contributed by atoms with van der Waals surface area (Å²) in [5.74, 6) is 2.83. The van der Waals surface area contributed by atoms with Crippen molar-refractivity contribution in [2.24, 2.45) is 22.7 Å². The second-order valence-electron chi connectivity index (χ2n) is 12.6. The summed E-state index contributed by atoms with van der Waals surface area (Å²) in [6.45, 7) is 17.0.